The zero-order valence-corrected chi connectivity index (χ0v) is 12.3. The SMILES string of the molecule is Cc1c(C(=O)Nc2nnc(C(F)F)s2)oc2c1C(=O)CCC2. The molecule has 9 heteroatoms. The third-order valence-electron chi connectivity index (χ3n) is 3.36. The van der Waals surface area contributed by atoms with Crippen molar-refractivity contribution >= 4 is 28.2 Å². The number of aryl methyl sites for hydroxylation is 1. The van der Waals surface area contributed by atoms with Crippen molar-refractivity contribution in [1.29, 1.82) is 0 Å². The van der Waals surface area contributed by atoms with Gasteiger partial charge in [0.1, 0.15) is 5.76 Å². The topological polar surface area (TPSA) is 85.1 Å². The Morgan fingerprint density at radius 3 is 2.77 bits per heavy atom. The number of halogens is 2. The number of anilines is 1. The molecule has 0 saturated carbocycles. The van der Waals surface area contributed by atoms with E-state index in [-0.39, 0.29) is 16.7 Å². The van der Waals surface area contributed by atoms with E-state index in [9.17, 15) is 18.4 Å². The molecule has 116 valence electrons. The maximum Gasteiger partial charge on any atom is 0.293 e. The van der Waals surface area contributed by atoms with Crippen LogP contribution < -0.4 is 5.32 Å². The Morgan fingerprint density at radius 1 is 1.36 bits per heavy atom. The van der Waals surface area contributed by atoms with Crippen LogP contribution in [-0.4, -0.2) is 21.9 Å². The summed E-state index contributed by atoms with van der Waals surface area (Å²) in [5.74, 6) is -0.160. The standard InChI is InChI=1S/C13H11F2N3O3S/c1-5-8-6(19)3-2-4-7(8)21-9(5)11(20)16-13-18-17-12(22-13)10(14)15/h10H,2-4H2,1H3,(H,16,18,20). The van der Waals surface area contributed by atoms with Crippen molar-refractivity contribution in [3.05, 3.63) is 27.7 Å². The number of Topliss-reactive ketones (excluding diaryl/α,β-unsaturated/α-hetero) is 1. The second-order valence-electron chi connectivity index (χ2n) is 4.83. The molecule has 0 spiro atoms. The van der Waals surface area contributed by atoms with E-state index >= 15 is 0 Å². The van der Waals surface area contributed by atoms with Gasteiger partial charge in [-0.1, -0.05) is 11.3 Å². The molecule has 1 aliphatic rings. The van der Waals surface area contributed by atoms with Gasteiger partial charge in [-0.3, -0.25) is 14.9 Å². The van der Waals surface area contributed by atoms with Gasteiger partial charge in [0.25, 0.3) is 12.3 Å². The minimum Gasteiger partial charge on any atom is -0.455 e. The lowest BCUT2D eigenvalue weighted by Crippen LogP contribution is -2.13. The number of amides is 1. The smallest absolute Gasteiger partial charge is 0.293 e. The van der Waals surface area contributed by atoms with E-state index < -0.39 is 17.3 Å². The number of nitrogens with zero attached hydrogens (tertiary/aromatic N) is 2. The van der Waals surface area contributed by atoms with Crippen molar-refractivity contribution in [2.45, 2.75) is 32.6 Å². The third kappa shape index (κ3) is 2.52. The number of aromatic nitrogens is 2. The minimum absolute atomic E-state index is 0.00838. The molecule has 0 aromatic carbocycles. The fraction of sp³-hybridized carbons (Fsp3) is 0.385. The van der Waals surface area contributed by atoms with Gasteiger partial charge in [0.2, 0.25) is 5.13 Å². The van der Waals surface area contributed by atoms with Gasteiger partial charge in [-0.05, 0) is 13.3 Å². The van der Waals surface area contributed by atoms with Crippen molar-refractivity contribution in [2.24, 2.45) is 0 Å². The van der Waals surface area contributed by atoms with E-state index in [1.54, 1.807) is 6.92 Å². The lowest BCUT2D eigenvalue weighted by molar-refractivity contribution is 0.0963. The largest absolute Gasteiger partial charge is 0.455 e. The zero-order valence-electron chi connectivity index (χ0n) is 11.5. The molecular formula is C13H11F2N3O3S. The van der Waals surface area contributed by atoms with Crippen LogP contribution in [0.2, 0.25) is 0 Å². The summed E-state index contributed by atoms with van der Waals surface area (Å²) in [6.45, 7) is 1.63. The van der Waals surface area contributed by atoms with Gasteiger partial charge in [0.15, 0.2) is 16.6 Å². The zero-order chi connectivity index (χ0) is 15.9. The molecule has 2 aromatic rings. The van der Waals surface area contributed by atoms with Crippen molar-refractivity contribution in [3.8, 4) is 0 Å². The first-order valence-corrected chi connectivity index (χ1v) is 7.37. The first-order valence-electron chi connectivity index (χ1n) is 6.55. The molecule has 0 unspecified atom stereocenters. The molecule has 0 radical (unpaired) electrons. The predicted octanol–water partition coefficient (Wildman–Crippen LogP) is 3.15. The Hall–Kier alpha value is -2.16. The van der Waals surface area contributed by atoms with Crippen LogP contribution in [-0.2, 0) is 6.42 Å². The van der Waals surface area contributed by atoms with Crippen LogP contribution in [0.5, 0.6) is 0 Å². The Kier molecular flexibility index (Phi) is 3.73. The fourth-order valence-electron chi connectivity index (χ4n) is 2.39. The molecule has 2 heterocycles. The van der Waals surface area contributed by atoms with Crippen molar-refractivity contribution in [1.82, 2.24) is 10.2 Å². The van der Waals surface area contributed by atoms with Crippen molar-refractivity contribution in [3.63, 3.8) is 0 Å². The third-order valence-corrected chi connectivity index (χ3v) is 4.21. The average molecular weight is 327 g/mol. The van der Waals surface area contributed by atoms with Gasteiger partial charge < -0.3 is 4.42 Å². The maximum absolute atomic E-state index is 12.4. The van der Waals surface area contributed by atoms with Crippen LogP contribution in [0.3, 0.4) is 0 Å². The highest BCUT2D eigenvalue weighted by molar-refractivity contribution is 7.15. The van der Waals surface area contributed by atoms with Gasteiger partial charge in [0, 0.05) is 18.4 Å². The van der Waals surface area contributed by atoms with E-state index in [1.807, 2.05) is 0 Å². The molecule has 0 saturated heterocycles. The Morgan fingerprint density at radius 2 is 2.14 bits per heavy atom. The highest BCUT2D eigenvalue weighted by atomic mass is 32.1. The molecule has 1 aliphatic carbocycles. The van der Waals surface area contributed by atoms with Gasteiger partial charge in [-0.25, -0.2) is 8.78 Å². The van der Waals surface area contributed by atoms with Gasteiger partial charge >= 0.3 is 0 Å². The summed E-state index contributed by atoms with van der Waals surface area (Å²) < 4.78 is 30.4. The number of ketones is 1. The lowest BCUT2D eigenvalue weighted by Gasteiger charge is -2.07. The molecule has 1 amide bonds. The summed E-state index contributed by atoms with van der Waals surface area (Å²) in [4.78, 5) is 24.1. The van der Waals surface area contributed by atoms with E-state index in [0.717, 1.165) is 0 Å². The van der Waals surface area contributed by atoms with Gasteiger partial charge in [0.05, 0.1) is 5.56 Å². The molecule has 6 nitrogen and oxygen atoms in total. The average Bonchev–Trinajstić information content (AvgIpc) is 3.05. The highest BCUT2D eigenvalue weighted by Crippen LogP contribution is 2.30. The Labute approximate surface area is 127 Å². The van der Waals surface area contributed by atoms with E-state index in [0.29, 0.717) is 47.5 Å². The number of fused-ring (bicyclic) bond motifs is 1. The number of rotatable bonds is 3. The molecule has 0 aliphatic heterocycles. The van der Waals surface area contributed by atoms with Crippen LogP contribution >= 0.6 is 11.3 Å². The summed E-state index contributed by atoms with van der Waals surface area (Å²) in [5, 5.41) is 8.61. The van der Waals surface area contributed by atoms with Gasteiger partial charge in [-0.15, -0.1) is 10.2 Å². The number of hydrogen-bond acceptors (Lipinski definition) is 6. The number of carbonyl (C=O) groups excluding carboxylic acids is 2. The lowest BCUT2D eigenvalue weighted by atomic mass is 9.94. The summed E-state index contributed by atoms with van der Waals surface area (Å²) >= 11 is 0.592. The number of furan rings is 1. The molecule has 3 rings (SSSR count). The van der Waals surface area contributed by atoms with Crippen LogP contribution in [0.1, 0.15) is 56.5 Å². The number of hydrogen-bond donors (Lipinski definition) is 1. The molecule has 0 atom stereocenters. The minimum atomic E-state index is -2.74. The molecule has 1 N–H and O–H groups in total. The highest BCUT2D eigenvalue weighted by Gasteiger charge is 2.29. The second kappa shape index (κ2) is 5.56. The van der Waals surface area contributed by atoms with Crippen LogP contribution in [0.25, 0.3) is 0 Å². The monoisotopic (exact) mass is 327 g/mol. The molecule has 22 heavy (non-hydrogen) atoms. The van der Waals surface area contributed by atoms with Crippen LogP contribution in [0.15, 0.2) is 4.42 Å². The maximum atomic E-state index is 12.4. The van der Waals surface area contributed by atoms with Gasteiger partial charge in [-0.2, -0.15) is 0 Å². The summed E-state index contributed by atoms with van der Waals surface area (Å²) in [6, 6.07) is 0. The fourth-order valence-corrected chi connectivity index (χ4v) is 2.99. The van der Waals surface area contributed by atoms with Crippen molar-refractivity contribution < 1.29 is 22.8 Å². The first-order chi connectivity index (χ1) is 10.5. The Bertz CT molecular complexity index is 754. The quantitative estimate of drug-likeness (QED) is 0.936. The summed E-state index contributed by atoms with van der Waals surface area (Å²) in [5.41, 5.74) is 0.928. The molecule has 2 aromatic heterocycles. The van der Waals surface area contributed by atoms with E-state index in [4.69, 9.17) is 4.42 Å². The molecule has 0 fully saturated rings. The second-order valence-corrected chi connectivity index (χ2v) is 5.84. The normalized spacial score (nSPS) is 14.3. The summed E-state index contributed by atoms with van der Waals surface area (Å²) in [6.07, 6.45) is -1.02. The molecular weight excluding hydrogens is 316 g/mol. The predicted molar refractivity (Wildman–Crippen MR) is 73.5 cm³/mol. The van der Waals surface area contributed by atoms with Crippen LogP contribution in [0, 0.1) is 6.92 Å². The first kappa shape index (κ1) is 14.8. The van der Waals surface area contributed by atoms with E-state index in [2.05, 4.69) is 15.5 Å². The number of alkyl halides is 2. The Balaban J connectivity index is 1.85. The van der Waals surface area contributed by atoms with Crippen LogP contribution in [0.4, 0.5) is 13.9 Å². The molecule has 0 bridgehead atoms. The van der Waals surface area contributed by atoms with E-state index in [1.165, 1.54) is 0 Å². The number of nitrogens with one attached hydrogen (secondary N) is 1. The summed E-state index contributed by atoms with van der Waals surface area (Å²) in [7, 11) is 0. The number of carbonyl (C=O) groups is 2. The van der Waals surface area contributed by atoms with Crippen molar-refractivity contribution in [2.75, 3.05) is 5.32 Å².